The second-order valence-corrected chi connectivity index (χ2v) is 10.6. The summed E-state index contributed by atoms with van der Waals surface area (Å²) in [6.45, 7) is 14.1. The van der Waals surface area contributed by atoms with E-state index in [1.54, 1.807) is 20.8 Å². The van der Waals surface area contributed by atoms with Crippen LogP contribution in [0.1, 0.15) is 53.5 Å². The maximum Gasteiger partial charge on any atom is 0.307 e. The number of primary amides is 1. The van der Waals surface area contributed by atoms with Crippen LogP contribution in [0.2, 0.25) is 0 Å². The number of nitrogens with one attached hydrogen (secondary N) is 1. The summed E-state index contributed by atoms with van der Waals surface area (Å²) in [4.78, 5) is 37.6. The van der Waals surface area contributed by atoms with Crippen molar-refractivity contribution < 1.29 is 24.2 Å². The van der Waals surface area contributed by atoms with Gasteiger partial charge in [-0.05, 0) is 48.9 Å². The molecule has 0 saturated carbocycles. The first-order valence-corrected chi connectivity index (χ1v) is 11.7. The molecule has 2 aromatic carbocycles. The Morgan fingerprint density at radius 1 is 1.06 bits per heavy atom. The molecule has 0 aromatic heterocycles. The average Bonchev–Trinajstić information content (AvgIpc) is 2.74. The number of nitrogens with two attached hydrogens (primary N) is 1. The molecule has 2 amide bonds. The molecule has 0 bridgehead atoms. The highest BCUT2D eigenvalue weighted by Gasteiger charge is 2.34. The molecule has 0 fully saturated rings. The van der Waals surface area contributed by atoms with Crippen LogP contribution in [0.25, 0.3) is 10.8 Å². The van der Waals surface area contributed by atoms with E-state index in [0.717, 1.165) is 16.3 Å². The van der Waals surface area contributed by atoms with Crippen LogP contribution in [0.15, 0.2) is 55.1 Å². The number of aliphatic hydroxyl groups is 1. The van der Waals surface area contributed by atoms with E-state index < -0.39 is 40.8 Å². The molecule has 0 radical (unpaired) electrons. The Labute approximate surface area is 208 Å². The minimum Gasteiger partial charge on any atom is -0.460 e. The fraction of sp³-hybridized carbons (Fsp3) is 0.464. The third-order valence-electron chi connectivity index (χ3n) is 5.07. The van der Waals surface area contributed by atoms with Crippen molar-refractivity contribution in [3.63, 3.8) is 0 Å². The first kappa shape index (κ1) is 29.8. The van der Waals surface area contributed by atoms with Crippen LogP contribution in [0.3, 0.4) is 0 Å². The van der Waals surface area contributed by atoms with Gasteiger partial charge in [0, 0.05) is 0 Å². The lowest BCUT2D eigenvalue weighted by molar-refractivity contribution is -0.157. The topological polar surface area (TPSA) is 119 Å². The van der Waals surface area contributed by atoms with Crippen molar-refractivity contribution >= 4 is 28.6 Å². The third kappa shape index (κ3) is 10.7. The van der Waals surface area contributed by atoms with Crippen molar-refractivity contribution in [3.05, 3.63) is 60.7 Å². The number of hydrogen-bond donors (Lipinski definition) is 3. The number of aliphatic hydroxyl groups excluding tert-OH is 1. The standard InChI is InChI=1S/C25H34N2O4.C3H6O/c1-24(2,3)21(22(26)29)27-23(30)19(15-20(28)31-25(4,5)6)14-16-11-12-17-9-7-8-10-18(17)13-16;1-2-3-4/h7-13,19,21H,14-15H2,1-6H3,(H2,26,29)(H,27,30);2,4H,1,3H2. The van der Waals surface area contributed by atoms with Crippen molar-refractivity contribution in [1.29, 1.82) is 0 Å². The molecule has 4 N–H and O–H groups in total. The van der Waals surface area contributed by atoms with Crippen LogP contribution in [-0.2, 0) is 25.5 Å². The lowest BCUT2D eigenvalue weighted by atomic mass is 9.85. The lowest BCUT2D eigenvalue weighted by Gasteiger charge is -2.30. The van der Waals surface area contributed by atoms with Crippen LogP contribution in [0.5, 0.6) is 0 Å². The number of amides is 2. The van der Waals surface area contributed by atoms with Gasteiger partial charge >= 0.3 is 5.97 Å². The third-order valence-corrected chi connectivity index (χ3v) is 5.07. The zero-order chi connectivity index (χ0) is 26.8. The highest BCUT2D eigenvalue weighted by Crippen LogP contribution is 2.23. The van der Waals surface area contributed by atoms with Gasteiger partial charge < -0.3 is 20.9 Å². The number of benzene rings is 2. The van der Waals surface area contributed by atoms with Crippen molar-refractivity contribution in [2.45, 2.75) is 66.0 Å². The number of hydrogen-bond acceptors (Lipinski definition) is 5. The van der Waals surface area contributed by atoms with Crippen molar-refractivity contribution in [3.8, 4) is 0 Å². The lowest BCUT2D eigenvalue weighted by Crippen LogP contribution is -2.53. The summed E-state index contributed by atoms with van der Waals surface area (Å²) in [5.41, 5.74) is 5.24. The van der Waals surface area contributed by atoms with E-state index in [0.29, 0.717) is 6.42 Å². The number of fused-ring (bicyclic) bond motifs is 1. The van der Waals surface area contributed by atoms with Gasteiger partial charge in [0.25, 0.3) is 0 Å². The van der Waals surface area contributed by atoms with Crippen LogP contribution in [0.4, 0.5) is 0 Å². The van der Waals surface area contributed by atoms with Crippen LogP contribution in [0, 0.1) is 11.3 Å². The minimum atomic E-state index is -0.849. The first-order chi connectivity index (χ1) is 16.2. The van der Waals surface area contributed by atoms with E-state index in [1.807, 2.05) is 63.2 Å². The van der Waals surface area contributed by atoms with Gasteiger partial charge in [0.1, 0.15) is 11.6 Å². The summed E-state index contributed by atoms with van der Waals surface area (Å²) < 4.78 is 5.44. The minimum absolute atomic E-state index is 0.0833. The predicted octanol–water partition coefficient (Wildman–Crippen LogP) is 3.91. The average molecular weight is 485 g/mol. The van der Waals surface area contributed by atoms with Gasteiger partial charge in [-0.15, -0.1) is 6.58 Å². The van der Waals surface area contributed by atoms with Gasteiger partial charge in [0.05, 0.1) is 18.9 Å². The Morgan fingerprint density at radius 3 is 2.11 bits per heavy atom. The molecule has 7 nitrogen and oxygen atoms in total. The van der Waals surface area contributed by atoms with Gasteiger partial charge in [-0.3, -0.25) is 14.4 Å². The Kier molecular flexibility index (Phi) is 11.1. The summed E-state index contributed by atoms with van der Waals surface area (Å²) in [6, 6.07) is 13.1. The monoisotopic (exact) mass is 484 g/mol. The van der Waals surface area contributed by atoms with E-state index >= 15 is 0 Å². The molecular formula is C28H40N2O5. The van der Waals surface area contributed by atoms with Gasteiger partial charge in [-0.1, -0.05) is 69.3 Å². The molecule has 0 spiro atoms. The maximum absolute atomic E-state index is 13.1. The molecule has 192 valence electrons. The molecule has 2 rings (SSSR count). The fourth-order valence-electron chi connectivity index (χ4n) is 3.47. The number of esters is 1. The molecule has 0 aliphatic rings. The van der Waals surface area contributed by atoms with E-state index in [4.69, 9.17) is 15.6 Å². The molecular weight excluding hydrogens is 444 g/mol. The van der Waals surface area contributed by atoms with Crippen molar-refractivity contribution in [2.75, 3.05) is 6.61 Å². The normalized spacial score (nSPS) is 13.1. The zero-order valence-electron chi connectivity index (χ0n) is 21.8. The van der Waals surface area contributed by atoms with Crippen LogP contribution >= 0.6 is 0 Å². The molecule has 0 aliphatic carbocycles. The van der Waals surface area contributed by atoms with Crippen molar-refractivity contribution in [1.82, 2.24) is 5.32 Å². The summed E-state index contributed by atoms with van der Waals surface area (Å²) in [6.07, 6.45) is 1.68. The largest absolute Gasteiger partial charge is 0.460 e. The Morgan fingerprint density at radius 2 is 1.63 bits per heavy atom. The van der Waals surface area contributed by atoms with Gasteiger partial charge in [0.15, 0.2) is 0 Å². The molecule has 2 atom stereocenters. The van der Waals surface area contributed by atoms with E-state index in [9.17, 15) is 14.4 Å². The Balaban J connectivity index is 0.00000142. The summed E-state index contributed by atoms with van der Waals surface area (Å²) in [5.74, 6) is -2.15. The van der Waals surface area contributed by atoms with Gasteiger partial charge in [0.2, 0.25) is 11.8 Å². The SMILES string of the molecule is C=CCO.CC(C)(C)OC(=O)CC(Cc1ccc2ccccc2c1)C(=O)NC(C(N)=O)C(C)(C)C. The quantitative estimate of drug-likeness (QED) is 0.388. The molecule has 2 unspecified atom stereocenters. The maximum atomic E-state index is 13.1. The molecule has 0 saturated heterocycles. The molecule has 35 heavy (non-hydrogen) atoms. The second-order valence-electron chi connectivity index (χ2n) is 10.6. The molecule has 2 aromatic rings. The second kappa shape index (κ2) is 13.0. The number of carbonyl (C=O) groups is 3. The smallest absolute Gasteiger partial charge is 0.307 e. The molecule has 0 heterocycles. The Hall–Kier alpha value is -3.19. The first-order valence-electron chi connectivity index (χ1n) is 11.7. The number of rotatable bonds is 8. The number of carbonyl (C=O) groups excluding carboxylic acids is 3. The summed E-state index contributed by atoms with van der Waals surface area (Å²) >= 11 is 0. The van der Waals surface area contributed by atoms with E-state index in [2.05, 4.69) is 11.9 Å². The summed E-state index contributed by atoms with van der Waals surface area (Å²) in [7, 11) is 0. The van der Waals surface area contributed by atoms with Gasteiger partial charge in [-0.2, -0.15) is 0 Å². The van der Waals surface area contributed by atoms with Crippen molar-refractivity contribution in [2.24, 2.45) is 17.1 Å². The highest BCUT2D eigenvalue weighted by atomic mass is 16.6. The molecule has 7 heteroatoms. The predicted molar refractivity (Wildman–Crippen MR) is 139 cm³/mol. The highest BCUT2D eigenvalue weighted by molar-refractivity contribution is 5.90. The molecule has 0 aliphatic heterocycles. The fourth-order valence-corrected chi connectivity index (χ4v) is 3.47. The van der Waals surface area contributed by atoms with E-state index in [1.165, 1.54) is 6.08 Å². The zero-order valence-corrected chi connectivity index (χ0v) is 21.8. The van der Waals surface area contributed by atoms with E-state index in [-0.39, 0.29) is 13.0 Å². The van der Waals surface area contributed by atoms with Crippen LogP contribution < -0.4 is 11.1 Å². The summed E-state index contributed by atoms with van der Waals surface area (Å²) in [5, 5.41) is 12.7. The number of ether oxygens (including phenoxy) is 1. The van der Waals surface area contributed by atoms with Crippen LogP contribution in [-0.4, -0.2) is 41.1 Å². The Bertz CT molecular complexity index is 1020. The van der Waals surface area contributed by atoms with Gasteiger partial charge in [-0.25, -0.2) is 0 Å².